The molecule has 2 aromatic rings. The maximum atomic E-state index is 12.6. The minimum atomic E-state index is -4.30. The highest BCUT2D eigenvalue weighted by Crippen LogP contribution is 2.31. The number of hydrogen-bond donors (Lipinski definition) is 1. The highest BCUT2D eigenvalue weighted by atomic mass is 35.5. The Morgan fingerprint density at radius 2 is 1.38 bits per heavy atom. The predicted molar refractivity (Wildman–Crippen MR) is 95.2 cm³/mol. The Hall–Kier alpha value is -1.52. The quantitative estimate of drug-likeness (QED) is 0.597. The lowest BCUT2D eigenvalue weighted by atomic mass is 9.97. The molecule has 0 saturated carbocycles. The van der Waals surface area contributed by atoms with E-state index in [0.717, 1.165) is 41.7 Å². The molecule has 1 nitrogen and oxygen atoms in total. The van der Waals surface area contributed by atoms with Gasteiger partial charge in [0, 0.05) is 6.04 Å². The summed E-state index contributed by atoms with van der Waals surface area (Å²) in [7, 11) is 0. The number of benzene rings is 2. The summed E-state index contributed by atoms with van der Waals surface area (Å²) in [6.45, 7) is 2.16. The van der Waals surface area contributed by atoms with Crippen molar-refractivity contribution in [2.24, 2.45) is 5.73 Å². The fourth-order valence-electron chi connectivity index (χ4n) is 2.56. The molecule has 132 valence electrons. The molecule has 0 bridgehead atoms. The third-order valence-corrected chi connectivity index (χ3v) is 4.00. The summed E-state index contributed by atoms with van der Waals surface area (Å²) in [5.41, 5.74) is 8.26. The van der Waals surface area contributed by atoms with E-state index in [9.17, 15) is 13.2 Å². The van der Waals surface area contributed by atoms with Gasteiger partial charge in [-0.1, -0.05) is 62.6 Å². The van der Waals surface area contributed by atoms with Crippen molar-refractivity contribution in [3.63, 3.8) is 0 Å². The van der Waals surface area contributed by atoms with E-state index in [1.807, 2.05) is 24.3 Å². The minimum Gasteiger partial charge on any atom is -0.324 e. The van der Waals surface area contributed by atoms with Crippen molar-refractivity contribution < 1.29 is 13.2 Å². The van der Waals surface area contributed by atoms with Crippen molar-refractivity contribution in [3.8, 4) is 11.1 Å². The van der Waals surface area contributed by atoms with Gasteiger partial charge in [-0.2, -0.15) is 13.2 Å². The zero-order valence-corrected chi connectivity index (χ0v) is 14.5. The van der Waals surface area contributed by atoms with Crippen LogP contribution in [0.25, 0.3) is 11.1 Å². The minimum absolute atomic E-state index is 0. The van der Waals surface area contributed by atoms with Crippen molar-refractivity contribution in [3.05, 3.63) is 59.7 Å². The van der Waals surface area contributed by atoms with E-state index >= 15 is 0 Å². The molecule has 24 heavy (non-hydrogen) atoms. The fourth-order valence-corrected chi connectivity index (χ4v) is 2.56. The third kappa shape index (κ3) is 5.53. The molecule has 0 spiro atoms. The second kappa shape index (κ2) is 9.09. The van der Waals surface area contributed by atoms with E-state index in [-0.39, 0.29) is 18.4 Å². The summed E-state index contributed by atoms with van der Waals surface area (Å²) >= 11 is 0. The van der Waals surface area contributed by atoms with Crippen LogP contribution in [0.3, 0.4) is 0 Å². The summed E-state index contributed by atoms with van der Waals surface area (Å²) in [4.78, 5) is 0. The Labute approximate surface area is 147 Å². The zero-order chi connectivity index (χ0) is 16.9. The molecule has 0 amide bonds. The largest absolute Gasteiger partial charge is 0.416 e. The van der Waals surface area contributed by atoms with Crippen molar-refractivity contribution in [2.45, 2.75) is 44.8 Å². The van der Waals surface area contributed by atoms with E-state index in [1.165, 1.54) is 25.0 Å². The van der Waals surface area contributed by atoms with Gasteiger partial charge in [-0.15, -0.1) is 12.4 Å². The highest BCUT2D eigenvalue weighted by Gasteiger charge is 2.29. The number of nitrogens with two attached hydrogens (primary N) is 1. The number of alkyl halides is 3. The van der Waals surface area contributed by atoms with E-state index < -0.39 is 11.7 Å². The summed E-state index contributed by atoms with van der Waals surface area (Å²) in [5.74, 6) is 0. The van der Waals surface area contributed by atoms with Crippen molar-refractivity contribution in [1.82, 2.24) is 0 Å². The Balaban J connectivity index is 0.00000288. The summed E-state index contributed by atoms with van der Waals surface area (Å²) in [6, 6.07) is 13.0. The Bertz CT molecular complexity index is 606. The molecular formula is C19H23ClF3N. The maximum absolute atomic E-state index is 12.6. The van der Waals surface area contributed by atoms with Crippen LogP contribution < -0.4 is 5.73 Å². The monoisotopic (exact) mass is 357 g/mol. The Morgan fingerprint density at radius 1 is 0.875 bits per heavy atom. The Kier molecular flexibility index (Phi) is 7.77. The normalized spacial score (nSPS) is 12.5. The van der Waals surface area contributed by atoms with E-state index in [2.05, 4.69) is 6.92 Å². The molecule has 2 aromatic carbocycles. The van der Waals surface area contributed by atoms with Gasteiger partial charge in [0.2, 0.25) is 0 Å². The number of hydrogen-bond acceptors (Lipinski definition) is 1. The van der Waals surface area contributed by atoms with Crippen LogP contribution in [0.15, 0.2) is 48.5 Å². The molecule has 0 saturated heterocycles. The van der Waals surface area contributed by atoms with Crippen LogP contribution in [0.1, 0.15) is 49.8 Å². The number of rotatable bonds is 6. The first-order valence-corrected chi connectivity index (χ1v) is 7.95. The van der Waals surface area contributed by atoms with Gasteiger partial charge in [-0.25, -0.2) is 0 Å². The molecule has 0 aliphatic carbocycles. The lowest BCUT2D eigenvalue weighted by Crippen LogP contribution is -2.09. The molecule has 0 heterocycles. The summed E-state index contributed by atoms with van der Waals surface area (Å²) in [5, 5.41) is 0. The number of unbranched alkanes of at least 4 members (excludes halogenated alkanes) is 2. The first-order chi connectivity index (χ1) is 10.9. The van der Waals surface area contributed by atoms with E-state index in [4.69, 9.17) is 5.73 Å². The molecule has 1 atom stereocenters. The molecule has 0 aliphatic heterocycles. The average molecular weight is 358 g/mol. The van der Waals surface area contributed by atoms with Gasteiger partial charge in [0.15, 0.2) is 0 Å². The molecule has 5 heteroatoms. The third-order valence-electron chi connectivity index (χ3n) is 4.00. The summed E-state index contributed by atoms with van der Waals surface area (Å²) < 4.78 is 37.7. The van der Waals surface area contributed by atoms with E-state index in [1.54, 1.807) is 0 Å². The fraction of sp³-hybridized carbons (Fsp3) is 0.368. The molecule has 0 aromatic heterocycles. The van der Waals surface area contributed by atoms with Gasteiger partial charge < -0.3 is 5.73 Å². The van der Waals surface area contributed by atoms with Gasteiger partial charge in [0.05, 0.1) is 5.56 Å². The van der Waals surface area contributed by atoms with Crippen molar-refractivity contribution >= 4 is 12.4 Å². The van der Waals surface area contributed by atoms with Crippen LogP contribution in [-0.4, -0.2) is 0 Å². The van der Waals surface area contributed by atoms with Gasteiger partial charge in [0.25, 0.3) is 0 Å². The van der Waals surface area contributed by atoms with Crippen LogP contribution in [-0.2, 0) is 6.18 Å². The van der Waals surface area contributed by atoms with Gasteiger partial charge >= 0.3 is 6.18 Å². The first-order valence-electron chi connectivity index (χ1n) is 7.95. The van der Waals surface area contributed by atoms with Crippen LogP contribution in [0.4, 0.5) is 13.2 Å². The van der Waals surface area contributed by atoms with Crippen molar-refractivity contribution in [2.75, 3.05) is 0 Å². The van der Waals surface area contributed by atoms with Crippen LogP contribution in [0, 0.1) is 0 Å². The van der Waals surface area contributed by atoms with Gasteiger partial charge in [-0.3, -0.25) is 0 Å². The molecular weight excluding hydrogens is 335 g/mol. The zero-order valence-electron chi connectivity index (χ0n) is 13.6. The topological polar surface area (TPSA) is 26.0 Å². The molecule has 0 radical (unpaired) electrons. The molecule has 2 N–H and O–H groups in total. The Morgan fingerprint density at radius 3 is 1.83 bits per heavy atom. The number of halogens is 4. The SMILES string of the molecule is CCCCC[C@@H](N)c1ccc(-c2ccc(C(F)(F)F)cc2)cc1.Cl. The highest BCUT2D eigenvalue weighted by molar-refractivity contribution is 5.85. The second-order valence-corrected chi connectivity index (χ2v) is 5.80. The smallest absolute Gasteiger partial charge is 0.324 e. The van der Waals surface area contributed by atoms with E-state index in [0.29, 0.717) is 0 Å². The van der Waals surface area contributed by atoms with Crippen LogP contribution in [0.2, 0.25) is 0 Å². The second-order valence-electron chi connectivity index (χ2n) is 5.80. The van der Waals surface area contributed by atoms with Gasteiger partial charge in [0.1, 0.15) is 0 Å². The lowest BCUT2D eigenvalue weighted by Gasteiger charge is -2.13. The van der Waals surface area contributed by atoms with Crippen LogP contribution >= 0.6 is 12.4 Å². The average Bonchev–Trinajstić information content (AvgIpc) is 2.54. The lowest BCUT2D eigenvalue weighted by molar-refractivity contribution is -0.137. The standard InChI is InChI=1S/C19H22F3N.ClH/c1-2-3-4-5-18(23)16-8-6-14(7-9-16)15-10-12-17(13-11-15)19(20,21)22;/h6-13,18H,2-5,23H2,1H3;1H/t18-;/m1./s1. The van der Waals surface area contributed by atoms with Crippen LogP contribution in [0.5, 0.6) is 0 Å². The molecule has 0 fully saturated rings. The predicted octanol–water partition coefficient (Wildman–Crippen LogP) is 6.37. The summed E-state index contributed by atoms with van der Waals surface area (Å²) in [6.07, 6.45) is 0.107. The molecule has 0 aliphatic rings. The molecule has 2 rings (SSSR count). The first kappa shape index (κ1) is 20.5. The van der Waals surface area contributed by atoms with Crippen molar-refractivity contribution in [1.29, 1.82) is 0 Å². The van der Waals surface area contributed by atoms with Gasteiger partial charge in [-0.05, 0) is 35.2 Å². The maximum Gasteiger partial charge on any atom is 0.416 e. The molecule has 0 unspecified atom stereocenters.